The number of hydrogen-bond donors (Lipinski definition) is 1. The molecule has 25 heavy (non-hydrogen) atoms. The molecule has 124 valence electrons. The van der Waals surface area contributed by atoms with E-state index in [2.05, 4.69) is 51.3 Å². The van der Waals surface area contributed by atoms with Gasteiger partial charge < -0.3 is 10.6 Å². The molecule has 4 heteroatoms. The Hall–Kier alpha value is -2.98. The monoisotopic (exact) mass is 328 g/mol. The molecule has 0 aliphatic carbocycles. The topological polar surface area (TPSA) is 55.0 Å². The van der Waals surface area contributed by atoms with Crippen molar-refractivity contribution < 1.29 is 0 Å². The van der Waals surface area contributed by atoms with E-state index in [9.17, 15) is 0 Å². The number of nitrogens with two attached hydrogens (primary N) is 1. The van der Waals surface area contributed by atoms with E-state index >= 15 is 0 Å². The molecule has 0 fully saturated rings. The summed E-state index contributed by atoms with van der Waals surface area (Å²) in [6.07, 6.45) is 4.65. The van der Waals surface area contributed by atoms with E-state index in [1.54, 1.807) is 0 Å². The maximum atomic E-state index is 5.81. The number of fused-ring (bicyclic) bond motifs is 2. The van der Waals surface area contributed by atoms with Gasteiger partial charge >= 0.3 is 0 Å². The van der Waals surface area contributed by atoms with Crippen molar-refractivity contribution in [2.75, 3.05) is 18.0 Å². The van der Waals surface area contributed by atoms with Gasteiger partial charge in [-0.2, -0.15) is 0 Å². The van der Waals surface area contributed by atoms with Crippen molar-refractivity contribution in [3.63, 3.8) is 0 Å². The van der Waals surface area contributed by atoms with Crippen LogP contribution >= 0.6 is 0 Å². The van der Waals surface area contributed by atoms with Crippen LogP contribution in [0.25, 0.3) is 21.8 Å². The third kappa shape index (κ3) is 2.92. The minimum Gasteiger partial charge on any atom is -0.340 e. The molecule has 0 radical (unpaired) electrons. The van der Waals surface area contributed by atoms with Crippen LogP contribution in [0, 0.1) is 0 Å². The lowest BCUT2D eigenvalue weighted by molar-refractivity contribution is 0.820. The molecule has 0 aliphatic rings. The molecule has 0 atom stereocenters. The zero-order valence-electron chi connectivity index (χ0n) is 14.0. The predicted octanol–water partition coefficient (Wildman–Crippen LogP) is 4.27. The number of rotatable bonds is 5. The lowest BCUT2D eigenvalue weighted by Gasteiger charge is -2.27. The fraction of sp³-hybridized carbons (Fsp3) is 0.143. The number of pyridine rings is 2. The van der Waals surface area contributed by atoms with Crippen LogP contribution < -0.4 is 10.6 Å². The molecule has 2 aromatic carbocycles. The zero-order chi connectivity index (χ0) is 17.1. The van der Waals surface area contributed by atoms with E-state index in [0.717, 1.165) is 46.1 Å². The molecule has 2 aromatic heterocycles. The highest BCUT2D eigenvalue weighted by Gasteiger charge is 2.15. The number of benzene rings is 2. The van der Waals surface area contributed by atoms with Crippen LogP contribution in [0.5, 0.6) is 0 Å². The van der Waals surface area contributed by atoms with E-state index < -0.39 is 0 Å². The minimum absolute atomic E-state index is 0.655. The standard InChI is InChI=1S/C21H20N4/c22-12-5-15-25(20-10-13-23-18-8-3-1-6-16(18)20)21-11-14-24-19-9-4-2-7-17(19)21/h1-4,6-11,13-14H,5,12,15,22H2. The highest BCUT2D eigenvalue weighted by molar-refractivity contribution is 5.99. The van der Waals surface area contributed by atoms with Gasteiger partial charge in [0.25, 0.3) is 0 Å². The van der Waals surface area contributed by atoms with Gasteiger partial charge in [-0.3, -0.25) is 9.97 Å². The number of para-hydroxylation sites is 2. The first-order chi connectivity index (χ1) is 12.4. The number of aromatic nitrogens is 2. The SMILES string of the molecule is NCCCN(c1ccnc2ccccc12)c1ccnc2ccccc12. The Labute approximate surface area is 146 Å². The summed E-state index contributed by atoms with van der Waals surface area (Å²) >= 11 is 0. The minimum atomic E-state index is 0.655. The van der Waals surface area contributed by atoms with Crippen molar-refractivity contribution in [1.29, 1.82) is 0 Å². The Kier molecular flexibility index (Phi) is 4.27. The first-order valence-electron chi connectivity index (χ1n) is 8.53. The Morgan fingerprint density at radius 3 is 1.76 bits per heavy atom. The summed E-state index contributed by atoms with van der Waals surface area (Å²) < 4.78 is 0. The van der Waals surface area contributed by atoms with Crippen LogP contribution in [0.3, 0.4) is 0 Å². The Bertz CT molecular complexity index is 923. The third-order valence-corrected chi connectivity index (χ3v) is 4.42. The van der Waals surface area contributed by atoms with Crippen LogP contribution in [0.1, 0.15) is 6.42 Å². The molecule has 0 aliphatic heterocycles. The molecular formula is C21H20N4. The number of nitrogens with zero attached hydrogens (tertiary/aromatic N) is 3. The van der Waals surface area contributed by atoms with E-state index in [1.165, 1.54) is 0 Å². The smallest absolute Gasteiger partial charge is 0.0722 e. The highest BCUT2D eigenvalue weighted by atomic mass is 15.1. The second-order valence-electron chi connectivity index (χ2n) is 5.99. The third-order valence-electron chi connectivity index (χ3n) is 4.42. The lowest BCUT2D eigenvalue weighted by atomic mass is 10.1. The van der Waals surface area contributed by atoms with Gasteiger partial charge in [-0.05, 0) is 37.2 Å². The van der Waals surface area contributed by atoms with Crippen molar-refractivity contribution in [1.82, 2.24) is 9.97 Å². The first kappa shape index (κ1) is 15.5. The van der Waals surface area contributed by atoms with Crippen LogP contribution in [0.15, 0.2) is 73.1 Å². The maximum Gasteiger partial charge on any atom is 0.0722 e. The van der Waals surface area contributed by atoms with Crippen LogP contribution in [0.4, 0.5) is 11.4 Å². The van der Waals surface area contributed by atoms with Crippen molar-refractivity contribution in [3.8, 4) is 0 Å². The van der Waals surface area contributed by atoms with Crippen molar-refractivity contribution in [3.05, 3.63) is 73.1 Å². The molecule has 4 nitrogen and oxygen atoms in total. The van der Waals surface area contributed by atoms with Gasteiger partial charge in [0, 0.05) is 29.7 Å². The quantitative estimate of drug-likeness (QED) is 0.594. The van der Waals surface area contributed by atoms with Crippen LogP contribution in [-0.2, 0) is 0 Å². The second kappa shape index (κ2) is 6.87. The summed E-state index contributed by atoms with van der Waals surface area (Å²) in [6.45, 7) is 1.50. The lowest BCUT2D eigenvalue weighted by Crippen LogP contribution is -2.21. The predicted molar refractivity (Wildman–Crippen MR) is 104 cm³/mol. The fourth-order valence-corrected chi connectivity index (χ4v) is 3.25. The molecule has 0 spiro atoms. The average molecular weight is 328 g/mol. The van der Waals surface area contributed by atoms with Gasteiger partial charge in [0.15, 0.2) is 0 Å². The number of anilines is 2. The largest absolute Gasteiger partial charge is 0.340 e. The van der Waals surface area contributed by atoms with Gasteiger partial charge in [0.2, 0.25) is 0 Å². The Morgan fingerprint density at radius 2 is 1.24 bits per heavy atom. The molecular weight excluding hydrogens is 308 g/mol. The van der Waals surface area contributed by atoms with Crippen molar-refractivity contribution in [2.45, 2.75) is 6.42 Å². The molecule has 4 rings (SSSR count). The highest BCUT2D eigenvalue weighted by Crippen LogP contribution is 2.35. The molecule has 0 unspecified atom stereocenters. The van der Waals surface area contributed by atoms with Crippen LogP contribution in [-0.4, -0.2) is 23.1 Å². The summed E-state index contributed by atoms with van der Waals surface area (Å²) in [5.41, 5.74) is 10.1. The van der Waals surface area contributed by atoms with Crippen molar-refractivity contribution >= 4 is 33.2 Å². The molecule has 0 saturated heterocycles. The summed E-state index contributed by atoms with van der Waals surface area (Å²) in [7, 11) is 0. The Morgan fingerprint density at radius 1 is 0.720 bits per heavy atom. The van der Waals surface area contributed by atoms with Gasteiger partial charge in [-0.15, -0.1) is 0 Å². The van der Waals surface area contributed by atoms with Gasteiger partial charge in [-0.1, -0.05) is 36.4 Å². The summed E-state index contributed by atoms with van der Waals surface area (Å²) in [4.78, 5) is 11.3. The molecule has 4 aromatic rings. The fourth-order valence-electron chi connectivity index (χ4n) is 3.25. The Balaban J connectivity index is 1.94. The molecule has 0 amide bonds. The molecule has 0 bridgehead atoms. The van der Waals surface area contributed by atoms with Crippen LogP contribution in [0.2, 0.25) is 0 Å². The van der Waals surface area contributed by atoms with E-state index in [-0.39, 0.29) is 0 Å². The maximum absolute atomic E-state index is 5.81. The summed E-state index contributed by atoms with van der Waals surface area (Å²) in [6, 6.07) is 20.6. The van der Waals surface area contributed by atoms with E-state index in [0.29, 0.717) is 6.54 Å². The van der Waals surface area contributed by atoms with E-state index in [1.807, 2.05) is 36.7 Å². The molecule has 2 N–H and O–H groups in total. The number of hydrogen-bond acceptors (Lipinski definition) is 4. The van der Waals surface area contributed by atoms with Gasteiger partial charge in [0.05, 0.1) is 22.4 Å². The molecule has 0 saturated carbocycles. The van der Waals surface area contributed by atoms with Gasteiger partial charge in [-0.25, -0.2) is 0 Å². The van der Waals surface area contributed by atoms with Crippen molar-refractivity contribution in [2.24, 2.45) is 5.73 Å². The zero-order valence-corrected chi connectivity index (χ0v) is 14.0. The average Bonchev–Trinajstić information content (AvgIpc) is 2.68. The second-order valence-corrected chi connectivity index (χ2v) is 5.99. The first-order valence-corrected chi connectivity index (χ1v) is 8.53. The van der Waals surface area contributed by atoms with E-state index in [4.69, 9.17) is 5.73 Å². The summed E-state index contributed by atoms with van der Waals surface area (Å²) in [5.74, 6) is 0. The van der Waals surface area contributed by atoms with Gasteiger partial charge in [0.1, 0.15) is 0 Å². The summed E-state index contributed by atoms with van der Waals surface area (Å²) in [5, 5.41) is 2.28. The molecule has 2 heterocycles. The normalized spacial score (nSPS) is 11.1.